The highest BCUT2D eigenvalue weighted by molar-refractivity contribution is 6.35. The van der Waals surface area contributed by atoms with Crippen molar-refractivity contribution in [3.63, 3.8) is 0 Å². The van der Waals surface area contributed by atoms with E-state index in [0.29, 0.717) is 28.4 Å². The number of halogens is 2. The molecule has 1 aliphatic rings. The molecule has 2 amide bonds. The van der Waals surface area contributed by atoms with Crippen LogP contribution in [0.4, 0.5) is 4.79 Å². The predicted molar refractivity (Wildman–Crippen MR) is 86.6 cm³/mol. The third-order valence-corrected chi connectivity index (χ3v) is 4.23. The first-order valence-corrected chi connectivity index (χ1v) is 7.90. The van der Waals surface area contributed by atoms with Crippen molar-refractivity contribution in [1.82, 2.24) is 10.6 Å². The predicted octanol–water partition coefficient (Wildman–Crippen LogP) is 2.40. The second kappa shape index (κ2) is 8.02. The maximum Gasteiger partial charge on any atom is 0.314 e. The number of carbonyl (C=O) groups excluding carboxylic acids is 1. The van der Waals surface area contributed by atoms with Gasteiger partial charge in [-0.15, -0.1) is 0 Å². The molecule has 1 saturated carbocycles. The van der Waals surface area contributed by atoms with Crippen LogP contribution in [0.15, 0.2) is 18.2 Å². The Morgan fingerprint density at radius 2 is 2.23 bits per heavy atom. The molecule has 0 aromatic heterocycles. The van der Waals surface area contributed by atoms with E-state index in [2.05, 4.69) is 10.6 Å². The van der Waals surface area contributed by atoms with Gasteiger partial charge in [-0.1, -0.05) is 29.3 Å². The first-order chi connectivity index (χ1) is 10.5. The van der Waals surface area contributed by atoms with Crippen molar-refractivity contribution in [1.29, 1.82) is 0 Å². The lowest BCUT2D eigenvalue weighted by Crippen LogP contribution is -2.41. The zero-order chi connectivity index (χ0) is 16.1. The lowest BCUT2D eigenvalue weighted by Gasteiger charge is -2.11. The quantitative estimate of drug-likeness (QED) is 0.709. The van der Waals surface area contributed by atoms with Gasteiger partial charge in [-0.25, -0.2) is 4.79 Å². The number of methoxy groups -OCH3 is 1. The van der Waals surface area contributed by atoms with Gasteiger partial charge in [0.1, 0.15) is 0 Å². The Balaban J connectivity index is 1.70. The molecular weight excluding hydrogens is 327 g/mol. The maximum atomic E-state index is 11.6. The van der Waals surface area contributed by atoms with Crippen LogP contribution in [0.3, 0.4) is 0 Å². The van der Waals surface area contributed by atoms with E-state index in [1.807, 2.05) is 12.1 Å². The van der Waals surface area contributed by atoms with E-state index < -0.39 is 6.10 Å². The lowest BCUT2D eigenvalue weighted by atomic mass is 10.1. The number of carbonyl (C=O) groups is 1. The van der Waals surface area contributed by atoms with Crippen molar-refractivity contribution >= 4 is 29.2 Å². The van der Waals surface area contributed by atoms with E-state index in [-0.39, 0.29) is 19.2 Å². The van der Waals surface area contributed by atoms with Gasteiger partial charge in [0.25, 0.3) is 0 Å². The molecule has 0 radical (unpaired) electrons. The average molecular weight is 347 g/mol. The summed E-state index contributed by atoms with van der Waals surface area (Å²) < 4.78 is 4.78. The van der Waals surface area contributed by atoms with Gasteiger partial charge >= 0.3 is 6.03 Å². The van der Waals surface area contributed by atoms with Gasteiger partial charge in [0.05, 0.1) is 12.7 Å². The van der Waals surface area contributed by atoms with Gasteiger partial charge in [-0.3, -0.25) is 0 Å². The number of aliphatic hydroxyl groups is 1. The third-order valence-electron chi connectivity index (χ3n) is 3.67. The van der Waals surface area contributed by atoms with Gasteiger partial charge in [0, 0.05) is 30.2 Å². The number of rotatable bonds is 7. The molecule has 1 aromatic carbocycles. The SMILES string of the molecule is COC[C@H](O)CNC(=O)NC[C@H]1C[C@@H]1c1ccc(Cl)cc1Cl. The number of ether oxygens (including phenoxy) is 1. The molecule has 1 aromatic rings. The summed E-state index contributed by atoms with van der Waals surface area (Å²) in [5.74, 6) is 0.748. The summed E-state index contributed by atoms with van der Waals surface area (Å²) in [5.41, 5.74) is 1.08. The normalized spacial score (nSPS) is 21.3. The van der Waals surface area contributed by atoms with Crippen molar-refractivity contribution < 1.29 is 14.6 Å². The summed E-state index contributed by atoms with van der Waals surface area (Å²) in [6.07, 6.45) is 0.297. The molecule has 0 aliphatic heterocycles. The van der Waals surface area contributed by atoms with E-state index >= 15 is 0 Å². The summed E-state index contributed by atoms with van der Waals surface area (Å²) in [5, 5.41) is 16.1. The standard InChI is InChI=1S/C15H20Cl2N2O3/c1-22-8-11(20)7-19-15(21)18-6-9-4-13(9)12-3-2-10(16)5-14(12)17/h2-3,5,9,11,13,20H,4,6-8H2,1H3,(H2,18,19,21)/t9-,11-,13+/m1/s1. The summed E-state index contributed by atoms with van der Waals surface area (Å²) in [6, 6.07) is 5.22. The minimum atomic E-state index is -0.697. The summed E-state index contributed by atoms with van der Waals surface area (Å²) >= 11 is 12.1. The van der Waals surface area contributed by atoms with Gasteiger partial charge < -0.3 is 20.5 Å². The fraction of sp³-hybridized carbons (Fsp3) is 0.533. The van der Waals surface area contributed by atoms with Crippen LogP contribution in [-0.2, 0) is 4.74 Å². The smallest absolute Gasteiger partial charge is 0.314 e. The highest BCUT2D eigenvalue weighted by atomic mass is 35.5. The van der Waals surface area contributed by atoms with E-state index in [1.165, 1.54) is 7.11 Å². The first kappa shape index (κ1) is 17.3. The van der Waals surface area contributed by atoms with Gasteiger partial charge in [0.2, 0.25) is 0 Å². The Kier molecular flexibility index (Phi) is 6.32. The van der Waals surface area contributed by atoms with Crippen LogP contribution < -0.4 is 10.6 Å². The molecular formula is C15H20Cl2N2O3. The molecule has 0 bridgehead atoms. The molecule has 0 spiro atoms. The molecule has 2 rings (SSSR count). The summed E-state index contributed by atoms with van der Waals surface area (Å²) in [4.78, 5) is 11.6. The molecule has 122 valence electrons. The van der Waals surface area contributed by atoms with Crippen LogP contribution in [0.2, 0.25) is 10.0 Å². The average Bonchev–Trinajstić information content (AvgIpc) is 3.22. The lowest BCUT2D eigenvalue weighted by molar-refractivity contribution is 0.0660. The molecule has 5 nitrogen and oxygen atoms in total. The highest BCUT2D eigenvalue weighted by Crippen LogP contribution is 2.49. The fourth-order valence-corrected chi connectivity index (χ4v) is 2.95. The fourth-order valence-electron chi connectivity index (χ4n) is 2.40. The Morgan fingerprint density at radius 1 is 1.45 bits per heavy atom. The van der Waals surface area contributed by atoms with E-state index in [1.54, 1.807) is 6.07 Å². The van der Waals surface area contributed by atoms with Gasteiger partial charge in [0.15, 0.2) is 0 Å². The number of amides is 2. The minimum Gasteiger partial charge on any atom is -0.389 e. The summed E-state index contributed by atoms with van der Waals surface area (Å²) in [6.45, 7) is 0.937. The van der Waals surface area contributed by atoms with E-state index in [4.69, 9.17) is 27.9 Å². The molecule has 1 aliphatic carbocycles. The zero-order valence-electron chi connectivity index (χ0n) is 12.3. The van der Waals surface area contributed by atoms with Crippen molar-refractivity contribution in [3.8, 4) is 0 Å². The molecule has 1 fully saturated rings. The number of nitrogens with one attached hydrogen (secondary N) is 2. The van der Waals surface area contributed by atoms with Crippen LogP contribution in [0.5, 0.6) is 0 Å². The van der Waals surface area contributed by atoms with E-state index in [0.717, 1.165) is 12.0 Å². The third kappa shape index (κ3) is 5.02. The molecule has 22 heavy (non-hydrogen) atoms. The van der Waals surface area contributed by atoms with Crippen molar-refractivity contribution in [2.24, 2.45) is 5.92 Å². The Bertz CT molecular complexity index is 528. The second-order valence-corrected chi connectivity index (χ2v) is 6.31. The topological polar surface area (TPSA) is 70.6 Å². The van der Waals surface area contributed by atoms with Crippen LogP contribution in [-0.4, -0.2) is 44.0 Å². The number of aliphatic hydroxyl groups excluding tert-OH is 1. The highest BCUT2D eigenvalue weighted by Gasteiger charge is 2.39. The Labute approximate surface area is 139 Å². The molecule has 0 unspecified atom stereocenters. The largest absolute Gasteiger partial charge is 0.389 e. The van der Waals surface area contributed by atoms with Crippen LogP contribution >= 0.6 is 23.2 Å². The molecule has 3 atom stereocenters. The second-order valence-electron chi connectivity index (χ2n) is 5.47. The maximum absolute atomic E-state index is 11.6. The van der Waals surface area contributed by atoms with Crippen molar-refractivity contribution in [2.75, 3.05) is 26.8 Å². The van der Waals surface area contributed by atoms with Gasteiger partial charge in [-0.2, -0.15) is 0 Å². The molecule has 0 saturated heterocycles. The molecule has 3 N–H and O–H groups in total. The van der Waals surface area contributed by atoms with Gasteiger partial charge in [-0.05, 0) is 36.0 Å². The Hall–Kier alpha value is -1.01. The van der Waals surface area contributed by atoms with Crippen LogP contribution in [0.1, 0.15) is 17.9 Å². The van der Waals surface area contributed by atoms with Crippen molar-refractivity contribution in [3.05, 3.63) is 33.8 Å². The number of hydrogen-bond acceptors (Lipinski definition) is 3. The Morgan fingerprint density at radius 3 is 2.91 bits per heavy atom. The monoisotopic (exact) mass is 346 g/mol. The first-order valence-electron chi connectivity index (χ1n) is 7.15. The molecule has 0 heterocycles. The van der Waals surface area contributed by atoms with E-state index in [9.17, 15) is 9.90 Å². The summed E-state index contributed by atoms with van der Waals surface area (Å²) in [7, 11) is 1.50. The minimum absolute atomic E-state index is 0.163. The van der Waals surface area contributed by atoms with Crippen LogP contribution in [0.25, 0.3) is 0 Å². The molecule has 7 heteroatoms. The number of benzene rings is 1. The van der Waals surface area contributed by atoms with Crippen LogP contribution in [0, 0.1) is 5.92 Å². The number of hydrogen-bond donors (Lipinski definition) is 3. The van der Waals surface area contributed by atoms with Crippen molar-refractivity contribution in [2.45, 2.75) is 18.4 Å². The number of urea groups is 1. The zero-order valence-corrected chi connectivity index (χ0v) is 13.8.